The summed E-state index contributed by atoms with van der Waals surface area (Å²) in [6.07, 6.45) is 0. The Morgan fingerprint density at radius 3 is 2.30 bits per heavy atom. The number of aromatic nitrogens is 1. The van der Waals surface area contributed by atoms with E-state index in [1.165, 1.54) is 14.2 Å². The van der Waals surface area contributed by atoms with Crippen LogP contribution in [0.3, 0.4) is 0 Å². The average molecular weight is 405 g/mol. The highest BCUT2D eigenvalue weighted by molar-refractivity contribution is 5.95. The van der Waals surface area contributed by atoms with Crippen molar-refractivity contribution in [1.29, 1.82) is 0 Å². The molecule has 1 aliphatic heterocycles. The van der Waals surface area contributed by atoms with E-state index in [1.807, 2.05) is 34.9 Å². The van der Waals surface area contributed by atoms with Crippen molar-refractivity contribution in [2.24, 2.45) is 0 Å². The summed E-state index contributed by atoms with van der Waals surface area (Å²) in [4.78, 5) is 13.2. The van der Waals surface area contributed by atoms with Gasteiger partial charge in [0.25, 0.3) is 0 Å². The quantitative estimate of drug-likeness (QED) is 0.522. The first-order chi connectivity index (χ1) is 14.6. The molecule has 0 fully saturated rings. The molecule has 0 saturated heterocycles. The van der Waals surface area contributed by atoms with Crippen molar-refractivity contribution in [1.82, 2.24) is 4.57 Å². The number of benzene rings is 3. The summed E-state index contributed by atoms with van der Waals surface area (Å²) in [6.45, 7) is 0.551. The number of ether oxygens (including phenoxy) is 4. The van der Waals surface area contributed by atoms with E-state index in [4.69, 9.17) is 18.9 Å². The van der Waals surface area contributed by atoms with Crippen molar-refractivity contribution >= 4 is 21.8 Å². The summed E-state index contributed by atoms with van der Waals surface area (Å²) in [7, 11) is 2.98. The molecule has 30 heavy (non-hydrogen) atoms. The SMILES string of the molecule is COc1cc(Cn2c3ccccc3c(=O)c3cc4c(cc32)OCO4)cc(OC)c1O. The number of fused-ring (bicyclic) bond motifs is 3. The predicted octanol–water partition coefficient (Wildman–Crippen LogP) is 3.65. The molecule has 5 rings (SSSR count). The lowest BCUT2D eigenvalue weighted by Gasteiger charge is -2.17. The molecule has 7 nitrogen and oxygen atoms in total. The maximum Gasteiger partial charge on any atom is 0.231 e. The maximum absolute atomic E-state index is 13.2. The van der Waals surface area contributed by atoms with Crippen molar-refractivity contribution < 1.29 is 24.1 Å². The zero-order valence-electron chi connectivity index (χ0n) is 16.5. The minimum absolute atomic E-state index is 0.0539. The first-order valence-corrected chi connectivity index (χ1v) is 9.39. The van der Waals surface area contributed by atoms with Crippen LogP contribution in [0.5, 0.6) is 28.7 Å². The minimum Gasteiger partial charge on any atom is -0.502 e. The number of para-hydroxylation sites is 1. The van der Waals surface area contributed by atoms with E-state index in [2.05, 4.69) is 0 Å². The van der Waals surface area contributed by atoms with Crippen LogP contribution >= 0.6 is 0 Å². The van der Waals surface area contributed by atoms with Gasteiger partial charge in [-0.05, 0) is 35.9 Å². The van der Waals surface area contributed by atoms with E-state index in [0.717, 1.165) is 16.6 Å². The number of hydrogen-bond acceptors (Lipinski definition) is 6. The molecule has 0 saturated carbocycles. The van der Waals surface area contributed by atoms with Crippen LogP contribution < -0.4 is 24.4 Å². The number of rotatable bonds is 4. The second-order valence-corrected chi connectivity index (χ2v) is 7.00. The fraction of sp³-hybridized carbons (Fsp3) is 0.174. The molecule has 1 N–H and O–H groups in total. The number of phenols is 1. The molecule has 1 aromatic heterocycles. The molecular weight excluding hydrogens is 386 g/mol. The minimum atomic E-state index is -0.0592. The van der Waals surface area contributed by atoms with Gasteiger partial charge in [-0.25, -0.2) is 0 Å². The van der Waals surface area contributed by atoms with Crippen molar-refractivity contribution in [2.45, 2.75) is 6.54 Å². The second-order valence-electron chi connectivity index (χ2n) is 7.00. The Kier molecular flexibility index (Phi) is 4.17. The van der Waals surface area contributed by atoms with Gasteiger partial charge in [0, 0.05) is 18.0 Å². The van der Waals surface area contributed by atoms with Gasteiger partial charge >= 0.3 is 0 Å². The van der Waals surface area contributed by atoms with Gasteiger partial charge in [-0.1, -0.05) is 12.1 Å². The normalized spacial score (nSPS) is 12.5. The van der Waals surface area contributed by atoms with E-state index in [9.17, 15) is 9.90 Å². The molecule has 4 aromatic rings. The second kappa shape index (κ2) is 6.88. The van der Waals surface area contributed by atoms with Gasteiger partial charge in [-0.15, -0.1) is 0 Å². The number of nitrogens with zero attached hydrogens (tertiary/aromatic N) is 1. The van der Waals surface area contributed by atoms with Crippen molar-refractivity contribution in [3.05, 3.63) is 64.3 Å². The molecule has 0 aliphatic carbocycles. The Hall–Kier alpha value is -3.87. The Labute approximate surface area is 171 Å². The standard InChI is InChI=1S/C23H19NO6/c1-27-20-7-13(8-21(28-2)23(20)26)11-24-16-6-4-3-5-14(16)22(25)15-9-18-19(10-17(15)24)30-12-29-18/h3-10,26H,11-12H2,1-2H3. The Balaban J connectivity index is 1.80. The molecule has 1 aliphatic rings. The molecule has 0 atom stereocenters. The van der Waals surface area contributed by atoms with E-state index < -0.39 is 0 Å². The lowest BCUT2D eigenvalue weighted by Crippen LogP contribution is -2.12. The largest absolute Gasteiger partial charge is 0.502 e. The van der Waals surface area contributed by atoms with Gasteiger partial charge < -0.3 is 28.6 Å². The van der Waals surface area contributed by atoms with E-state index in [0.29, 0.717) is 40.3 Å². The molecule has 7 heteroatoms. The van der Waals surface area contributed by atoms with Crippen LogP contribution in [0.15, 0.2) is 53.3 Å². The predicted molar refractivity (Wildman–Crippen MR) is 112 cm³/mol. The fourth-order valence-corrected chi connectivity index (χ4v) is 3.90. The van der Waals surface area contributed by atoms with Crippen LogP contribution in [0.25, 0.3) is 21.8 Å². The smallest absolute Gasteiger partial charge is 0.231 e. The highest BCUT2D eigenvalue weighted by Crippen LogP contribution is 2.39. The molecule has 2 heterocycles. The molecule has 152 valence electrons. The van der Waals surface area contributed by atoms with Gasteiger partial charge in [0.05, 0.1) is 30.6 Å². The van der Waals surface area contributed by atoms with Crippen LogP contribution in [0.4, 0.5) is 0 Å². The number of hydrogen-bond donors (Lipinski definition) is 1. The third-order valence-corrected chi connectivity index (χ3v) is 5.35. The van der Waals surface area contributed by atoms with Crippen LogP contribution in [0.1, 0.15) is 5.56 Å². The van der Waals surface area contributed by atoms with Crippen molar-refractivity contribution in [3.63, 3.8) is 0 Å². The van der Waals surface area contributed by atoms with Gasteiger partial charge in [0.2, 0.25) is 12.5 Å². The number of methoxy groups -OCH3 is 2. The zero-order valence-corrected chi connectivity index (χ0v) is 16.5. The van der Waals surface area contributed by atoms with Crippen LogP contribution in [-0.4, -0.2) is 30.7 Å². The van der Waals surface area contributed by atoms with Crippen molar-refractivity contribution in [3.8, 4) is 28.7 Å². The third-order valence-electron chi connectivity index (χ3n) is 5.35. The van der Waals surface area contributed by atoms with Gasteiger partial charge in [0.1, 0.15) is 0 Å². The molecule has 0 amide bonds. The van der Waals surface area contributed by atoms with Gasteiger partial charge in [0.15, 0.2) is 28.4 Å². The summed E-state index contributed by atoms with van der Waals surface area (Å²) in [5, 5.41) is 11.4. The first-order valence-electron chi connectivity index (χ1n) is 9.39. The highest BCUT2D eigenvalue weighted by atomic mass is 16.7. The van der Waals surface area contributed by atoms with E-state index in [-0.39, 0.29) is 18.0 Å². The maximum atomic E-state index is 13.2. The summed E-state index contributed by atoms with van der Waals surface area (Å²) in [5.41, 5.74) is 2.30. The van der Waals surface area contributed by atoms with Crippen LogP contribution in [0, 0.1) is 0 Å². The third kappa shape index (κ3) is 2.70. The highest BCUT2D eigenvalue weighted by Gasteiger charge is 2.20. The summed E-state index contributed by atoms with van der Waals surface area (Å²) >= 11 is 0. The summed E-state index contributed by atoms with van der Waals surface area (Å²) in [5.74, 6) is 1.75. The molecule has 0 bridgehead atoms. The summed E-state index contributed by atoms with van der Waals surface area (Å²) < 4.78 is 23.6. The zero-order chi connectivity index (χ0) is 20.8. The topological polar surface area (TPSA) is 79.2 Å². The molecular formula is C23H19NO6. The monoisotopic (exact) mass is 405 g/mol. The molecule has 0 unspecified atom stereocenters. The fourth-order valence-electron chi connectivity index (χ4n) is 3.90. The lowest BCUT2D eigenvalue weighted by atomic mass is 10.1. The Morgan fingerprint density at radius 2 is 1.60 bits per heavy atom. The summed E-state index contributed by atoms with van der Waals surface area (Å²) in [6, 6.07) is 14.6. The van der Waals surface area contributed by atoms with Crippen LogP contribution in [-0.2, 0) is 6.54 Å². The lowest BCUT2D eigenvalue weighted by molar-refractivity contribution is 0.174. The number of aromatic hydroxyl groups is 1. The Morgan fingerprint density at radius 1 is 0.933 bits per heavy atom. The van der Waals surface area contributed by atoms with E-state index in [1.54, 1.807) is 18.2 Å². The first kappa shape index (κ1) is 18.2. The number of pyridine rings is 1. The van der Waals surface area contributed by atoms with Crippen LogP contribution in [0.2, 0.25) is 0 Å². The molecule has 3 aromatic carbocycles. The molecule has 0 spiro atoms. The molecule has 0 radical (unpaired) electrons. The average Bonchev–Trinajstić information content (AvgIpc) is 3.24. The van der Waals surface area contributed by atoms with E-state index >= 15 is 0 Å². The van der Waals surface area contributed by atoms with Crippen molar-refractivity contribution in [2.75, 3.05) is 21.0 Å². The van der Waals surface area contributed by atoms with Gasteiger partial charge in [-0.3, -0.25) is 4.79 Å². The number of phenolic OH excluding ortho intramolecular Hbond substituents is 1. The Bertz CT molecular complexity index is 1330. The van der Waals surface area contributed by atoms with Gasteiger partial charge in [-0.2, -0.15) is 0 Å².